The van der Waals surface area contributed by atoms with E-state index in [1.165, 1.54) is 0 Å². The van der Waals surface area contributed by atoms with Gasteiger partial charge in [-0.05, 0) is 67.9 Å². The van der Waals surface area contributed by atoms with Crippen molar-refractivity contribution in [3.63, 3.8) is 0 Å². The van der Waals surface area contributed by atoms with Gasteiger partial charge >= 0.3 is 0 Å². The monoisotopic (exact) mass is 511 g/mol. The van der Waals surface area contributed by atoms with Crippen LogP contribution in [0, 0.1) is 12.7 Å². The molecule has 1 unspecified atom stereocenters. The van der Waals surface area contributed by atoms with E-state index in [4.69, 9.17) is 9.47 Å². The molecule has 2 heterocycles. The fraction of sp³-hybridized carbons (Fsp3) is 0.481. The number of tetrazole rings is 1. The number of halogens is 1. The molecule has 0 saturated carbocycles. The van der Waals surface area contributed by atoms with E-state index in [2.05, 4.69) is 20.6 Å². The fourth-order valence-corrected chi connectivity index (χ4v) is 5.00. The Balaban J connectivity index is 1.38. The van der Waals surface area contributed by atoms with Crippen LogP contribution < -0.4 is 0 Å². The van der Waals surface area contributed by atoms with Gasteiger partial charge in [-0.2, -0.15) is 5.21 Å². The summed E-state index contributed by atoms with van der Waals surface area (Å²) >= 11 is 0. The number of benzene rings is 2. The lowest BCUT2D eigenvalue weighted by Gasteiger charge is -2.34. The molecule has 2 N–H and O–H groups in total. The van der Waals surface area contributed by atoms with Gasteiger partial charge in [0, 0.05) is 19.0 Å². The largest absolute Gasteiger partial charge is 0.446 e. The highest BCUT2D eigenvalue weighted by molar-refractivity contribution is 5.37. The van der Waals surface area contributed by atoms with Crippen molar-refractivity contribution in [2.45, 2.75) is 70.4 Å². The number of likely N-dealkylation sites (tertiary alicyclic amines) is 1. The smallest absolute Gasteiger partial charge is 0.294 e. The number of nitrogens with zero attached hydrogens (tertiary/aromatic N) is 4. The van der Waals surface area contributed by atoms with Crippen molar-refractivity contribution >= 4 is 6.47 Å². The topological polar surface area (TPSA) is 113 Å². The number of carbonyl (C=O) groups is 1. The normalized spacial score (nSPS) is 18.4. The molecule has 1 aliphatic rings. The summed E-state index contributed by atoms with van der Waals surface area (Å²) in [6.45, 7) is 4.69. The lowest BCUT2D eigenvalue weighted by molar-refractivity contribution is -0.166. The number of ether oxygens (including phenoxy) is 2. The molecule has 2 aromatic carbocycles. The molecule has 0 bridgehead atoms. The molecule has 4 atom stereocenters. The zero-order valence-electron chi connectivity index (χ0n) is 21.2. The van der Waals surface area contributed by atoms with E-state index in [1.54, 1.807) is 19.1 Å². The quantitative estimate of drug-likeness (QED) is 0.337. The molecule has 9 nitrogen and oxygen atoms in total. The van der Waals surface area contributed by atoms with Crippen molar-refractivity contribution in [2.24, 2.45) is 0 Å². The Bertz CT molecular complexity index is 1150. The standard InChI is InChI=1S/C27H34FN5O4/c1-18-9-10-20(15-24(18)28)14-22-7-5-13-33(22)27(37-17-34)25(35)16-36-19(2)23-8-4-3-6-21(23)11-12-26-29-31-32-30-26/h3-4,6,8-10,15,17,19,22,25,27,35H,5,7,11-14,16H2,1-2H3,(H,29,30,31,32)/t19-,22+,25-,27?/m1/s1. The Morgan fingerprint density at radius 1 is 1.27 bits per heavy atom. The van der Waals surface area contributed by atoms with E-state index >= 15 is 0 Å². The second kappa shape index (κ2) is 12.8. The molecule has 0 spiro atoms. The molecule has 3 aromatic rings. The number of nitrogens with one attached hydrogen (secondary N) is 1. The summed E-state index contributed by atoms with van der Waals surface area (Å²) in [6.07, 6.45) is 1.54. The molecule has 10 heteroatoms. The van der Waals surface area contributed by atoms with Gasteiger partial charge in [0.05, 0.1) is 12.7 Å². The molecule has 0 radical (unpaired) electrons. The molecule has 0 amide bonds. The van der Waals surface area contributed by atoms with Crippen LogP contribution in [0.25, 0.3) is 0 Å². The average molecular weight is 512 g/mol. The number of aryl methyl sites for hydroxylation is 3. The van der Waals surface area contributed by atoms with Crippen LogP contribution in [0.1, 0.15) is 53.9 Å². The number of hydrogen-bond acceptors (Lipinski definition) is 8. The van der Waals surface area contributed by atoms with Crippen molar-refractivity contribution in [3.8, 4) is 0 Å². The van der Waals surface area contributed by atoms with Crippen molar-refractivity contribution < 1.29 is 23.8 Å². The van der Waals surface area contributed by atoms with Gasteiger partial charge in [0.15, 0.2) is 12.1 Å². The van der Waals surface area contributed by atoms with Crippen molar-refractivity contribution in [1.82, 2.24) is 25.5 Å². The second-order valence-electron chi connectivity index (χ2n) is 9.51. The molecule has 1 fully saturated rings. The maximum Gasteiger partial charge on any atom is 0.294 e. The summed E-state index contributed by atoms with van der Waals surface area (Å²) in [7, 11) is 0. The first-order valence-electron chi connectivity index (χ1n) is 12.7. The van der Waals surface area contributed by atoms with Crippen molar-refractivity contribution in [2.75, 3.05) is 13.2 Å². The van der Waals surface area contributed by atoms with Crippen LogP contribution in [0.3, 0.4) is 0 Å². The zero-order valence-corrected chi connectivity index (χ0v) is 21.2. The summed E-state index contributed by atoms with van der Waals surface area (Å²) < 4.78 is 25.5. The first-order chi connectivity index (χ1) is 18.0. The number of hydrogen-bond donors (Lipinski definition) is 2. The summed E-state index contributed by atoms with van der Waals surface area (Å²) in [4.78, 5) is 13.3. The van der Waals surface area contributed by atoms with Gasteiger partial charge in [-0.15, -0.1) is 10.2 Å². The maximum absolute atomic E-state index is 14.1. The first-order valence-corrected chi connectivity index (χ1v) is 12.7. The Morgan fingerprint density at radius 2 is 2.11 bits per heavy atom. The van der Waals surface area contributed by atoms with Gasteiger partial charge in [-0.1, -0.05) is 41.6 Å². The highest BCUT2D eigenvalue weighted by atomic mass is 19.1. The molecule has 1 saturated heterocycles. The maximum atomic E-state index is 14.1. The lowest BCUT2D eigenvalue weighted by atomic mass is 9.99. The molecule has 0 aliphatic carbocycles. The number of aromatic nitrogens is 4. The van der Waals surface area contributed by atoms with Gasteiger partial charge in [-0.25, -0.2) is 4.39 Å². The highest BCUT2D eigenvalue weighted by Gasteiger charge is 2.36. The SMILES string of the molecule is Cc1ccc(C[C@@H]2CCCN2C(OC=O)[C@H](O)CO[C@H](C)c2ccccc2CCc2nn[nH]n2)cc1F. The van der Waals surface area contributed by atoms with Crippen LogP contribution in [0.4, 0.5) is 4.39 Å². The molecule has 4 rings (SSSR count). The average Bonchev–Trinajstić information content (AvgIpc) is 3.59. The van der Waals surface area contributed by atoms with Crippen LogP contribution in [0.2, 0.25) is 0 Å². The zero-order chi connectivity index (χ0) is 26.2. The summed E-state index contributed by atoms with van der Waals surface area (Å²) in [5, 5.41) is 25.1. The number of carbonyl (C=O) groups excluding carboxylic acids is 1. The van der Waals surface area contributed by atoms with Gasteiger partial charge in [0.25, 0.3) is 6.47 Å². The molecular weight excluding hydrogens is 477 g/mol. The molecule has 37 heavy (non-hydrogen) atoms. The number of H-pyrrole nitrogens is 1. The van der Waals surface area contributed by atoms with E-state index in [0.717, 1.165) is 36.0 Å². The molecule has 1 aliphatic heterocycles. The number of rotatable bonds is 13. The predicted molar refractivity (Wildman–Crippen MR) is 134 cm³/mol. The third-order valence-electron chi connectivity index (χ3n) is 7.00. The molecule has 1 aromatic heterocycles. The van der Waals surface area contributed by atoms with Crippen molar-refractivity contribution in [3.05, 3.63) is 76.4 Å². The Hall–Kier alpha value is -3.21. The minimum atomic E-state index is -1.05. The summed E-state index contributed by atoms with van der Waals surface area (Å²) in [5.74, 6) is 0.406. The Labute approximate surface area is 216 Å². The van der Waals surface area contributed by atoms with E-state index in [1.807, 2.05) is 42.2 Å². The Kier molecular flexibility index (Phi) is 9.32. The fourth-order valence-electron chi connectivity index (χ4n) is 5.00. The number of aromatic amines is 1. The van der Waals surface area contributed by atoms with Crippen LogP contribution in [0.15, 0.2) is 42.5 Å². The highest BCUT2D eigenvalue weighted by Crippen LogP contribution is 2.27. The van der Waals surface area contributed by atoms with Gasteiger partial charge in [0.2, 0.25) is 0 Å². The van der Waals surface area contributed by atoms with Gasteiger partial charge in [-0.3, -0.25) is 9.69 Å². The third-order valence-corrected chi connectivity index (χ3v) is 7.00. The van der Waals surface area contributed by atoms with Crippen LogP contribution >= 0.6 is 0 Å². The van der Waals surface area contributed by atoms with Crippen LogP contribution in [0.5, 0.6) is 0 Å². The van der Waals surface area contributed by atoms with Crippen LogP contribution in [-0.2, 0) is 33.5 Å². The van der Waals surface area contributed by atoms with Gasteiger partial charge in [0.1, 0.15) is 11.9 Å². The molecule has 198 valence electrons. The Morgan fingerprint density at radius 3 is 2.86 bits per heavy atom. The lowest BCUT2D eigenvalue weighted by Crippen LogP contribution is -2.50. The van der Waals surface area contributed by atoms with E-state index in [9.17, 15) is 14.3 Å². The van der Waals surface area contributed by atoms with E-state index in [0.29, 0.717) is 37.2 Å². The number of aliphatic hydroxyl groups is 1. The summed E-state index contributed by atoms with van der Waals surface area (Å²) in [6, 6.07) is 13.2. The van der Waals surface area contributed by atoms with E-state index < -0.39 is 12.3 Å². The van der Waals surface area contributed by atoms with Crippen molar-refractivity contribution in [1.29, 1.82) is 0 Å². The second-order valence-corrected chi connectivity index (χ2v) is 9.51. The number of aliphatic hydroxyl groups excluding tert-OH is 1. The third kappa shape index (κ3) is 6.97. The first kappa shape index (κ1) is 26.8. The van der Waals surface area contributed by atoms with E-state index in [-0.39, 0.29) is 24.6 Å². The van der Waals surface area contributed by atoms with Crippen LogP contribution in [-0.4, -0.2) is 68.6 Å². The predicted octanol–water partition coefficient (Wildman–Crippen LogP) is 3.08. The van der Waals surface area contributed by atoms with Gasteiger partial charge < -0.3 is 14.6 Å². The minimum Gasteiger partial charge on any atom is -0.446 e. The molecular formula is C27H34FN5O4. The summed E-state index contributed by atoms with van der Waals surface area (Å²) in [5.41, 5.74) is 3.58. The minimum absolute atomic E-state index is 0.0127.